The van der Waals surface area contributed by atoms with Crippen LogP contribution < -0.4 is 11.2 Å². The molecular formula is C8H8IN5O2S. The van der Waals surface area contributed by atoms with Gasteiger partial charge >= 0.3 is 5.69 Å². The Labute approximate surface area is 113 Å². The number of nitrogens with one attached hydrogen (secondary N) is 2. The first-order chi connectivity index (χ1) is 8.13. The van der Waals surface area contributed by atoms with Gasteiger partial charge in [0.05, 0.1) is 6.33 Å². The van der Waals surface area contributed by atoms with Crippen molar-refractivity contribution in [3.8, 4) is 0 Å². The summed E-state index contributed by atoms with van der Waals surface area (Å²) >= 11 is 3.09. The number of hydrogen-bond acceptors (Lipinski definition) is 5. The Morgan fingerprint density at radius 3 is 3.00 bits per heavy atom. The lowest BCUT2D eigenvalue weighted by Crippen LogP contribution is -2.16. The SMILES string of the molecule is CCn1c(Sc2nc[nH]c(=O)c2I)n[nH]c1=O. The Balaban J connectivity index is 2.41. The number of hydrogen-bond donors (Lipinski definition) is 2. The molecule has 9 heteroatoms. The third-order valence-electron chi connectivity index (χ3n) is 1.99. The van der Waals surface area contributed by atoms with E-state index in [-0.39, 0.29) is 11.2 Å². The maximum Gasteiger partial charge on any atom is 0.343 e. The Hall–Kier alpha value is -1.10. The Bertz CT molecular complexity index is 646. The van der Waals surface area contributed by atoms with Crippen molar-refractivity contribution in [1.82, 2.24) is 24.7 Å². The molecule has 0 fully saturated rings. The van der Waals surface area contributed by atoms with Gasteiger partial charge in [-0.15, -0.1) is 5.10 Å². The van der Waals surface area contributed by atoms with Crippen molar-refractivity contribution >= 4 is 34.4 Å². The summed E-state index contributed by atoms with van der Waals surface area (Å²) in [5.41, 5.74) is -0.473. The van der Waals surface area contributed by atoms with Gasteiger partial charge in [-0.25, -0.2) is 14.9 Å². The molecule has 0 aliphatic carbocycles. The summed E-state index contributed by atoms with van der Waals surface area (Å²) in [6, 6.07) is 0. The van der Waals surface area contributed by atoms with E-state index < -0.39 is 0 Å². The first kappa shape index (κ1) is 12.4. The second kappa shape index (κ2) is 5.04. The van der Waals surface area contributed by atoms with E-state index in [2.05, 4.69) is 20.2 Å². The van der Waals surface area contributed by atoms with Crippen molar-refractivity contribution in [2.75, 3.05) is 0 Å². The fourth-order valence-corrected chi connectivity index (χ4v) is 2.68. The zero-order valence-corrected chi connectivity index (χ0v) is 11.7. The van der Waals surface area contributed by atoms with Crippen LogP contribution in [0.4, 0.5) is 0 Å². The van der Waals surface area contributed by atoms with E-state index >= 15 is 0 Å². The van der Waals surface area contributed by atoms with Crippen LogP contribution in [-0.4, -0.2) is 24.7 Å². The topological polar surface area (TPSA) is 96.4 Å². The highest BCUT2D eigenvalue weighted by molar-refractivity contribution is 14.1. The van der Waals surface area contributed by atoms with E-state index in [4.69, 9.17) is 0 Å². The molecule has 0 saturated carbocycles. The third-order valence-corrected chi connectivity index (χ3v) is 4.36. The average Bonchev–Trinajstić information content (AvgIpc) is 2.66. The van der Waals surface area contributed by atoms with E-state index in [0.717, 1.165) is 0 Å². The molecule has 0 unspecified atom stereocenters. The molecule has 0 aliphatic heterocycles. The number of H-pyrrole nitrogens is 2. The highest BCUT2D eigenvalue weighted by atomic mass is 127. The molecule has 0 aliphatic rings. The molecule has 0 spiro atoms. The van der Waals surface area contributed by atoms with Gasteiger partial charge in [0, 0.05) is 6.54 Å². The molecule has 0 amide bonds. The van der Waals surface area contributed by atoms with Gasteiger partial charge in [-0.3, -0.25) is 9.36 Å². The molecule has 0 atom stereocenters. The van der Waals surface area contributed by atoms with Crippen LogP contribution in [0.5, 0.6) is 0 Å². The van der Waals surface area contributed by atoms with Gasteiger partial charge in [0.1, 0.15) is 8.60 Å². The van der Waals surface area contributed by atoms with E-state index in [1.807, 2.05) is 29.5 Å². The summed E-state index contributed by atoms with van der Waals surface area (Å²) in [5, 5.41) is 7.27. The number of halogens is 1. The Morgan fingerprint density at radius 1 is 1.53 bits per heavy atom. The van der Waals surface area contributed by atoms with E-state index in [1.54, 1.807) is 0 Å². The van der Waals surface area contributed by atoms with Gasteiger partial charge in [0.2, 0.25) is 0 Å². The van der Waals surface area contributed by atoms with Crippen molar-refractivity contribution in [2.45, 2.75) is 23.7 Å². The largest absolute Gasteiger partial charge is 0.343 e. The zero-order chi connectivity index (χ0) is 12.4. The van der Waals surface area contributed by atoms with Crippen molar-refractivity contribution in [3.63, 3.8) is 0 Å². The highest BCUT2D eigenvalue weighted by Crippen LogP contribution is 2.24. The molecule has 90 valence electrons. The van der Waals surface area contributed by atoms with Crippen LogP contribution in [0.2, 0.25) is 0 Å². The van der Waals surface area contributed by atoms with Gasteiger partial charge in [-0.1, -0.05) is 0 Å². The molecule has 0 saturated heterocycles. The molecule has 2 rings (SSSR count). The smallest absolute Gasteiger partial charge is 0.312 e. The van der Waals surface area contributed by atoms with Gasteiger partial charge < -0.3 is 4.98 Å². The number of nitrogens with zero attached hydrogens (tertiary/aromatic N) is 3. The monoisotopic (exact) mass is 365 g/mol. The number of aromatic nitrogens is 5. The Morgan fingerprint density at radius 2 is 2.29 bits per heavy atom. The first-order valence-electron chi connectivity index (χ1n) is 4.69. The summed E-state index contributed by atoms with van der Waals surface area (Å²) in [5.74, 6) is 0. The fourth-order valence-electron chi connectivity index (χ4n) is 1.18. The molecule has 2 N–H and O–H groups in total. The quantitative estimate of drug-likeness (QED) is 0.608. The summed E-state index contributed by atoms with van der Waals surface area (Å²) in [7, 11) is 0. The fraction of sp³-hybridized carbons (Fsp3) is 0.250. The second-order valence-electron chi connectivity index (χ2n) is 3.01. The molecule has 2 aromatic rings. The summed E-state index contributed by atoms with van der Waals surface area (Å²) < 4.78 is 1.96. The van der Waals surface area contributed by atoms with Gasteiger partial charge in [0.15, 0.2) is 5.16 Å². The van der Waals surface area contributed by atoms with E-state index in [9.17, 15) is 9.59 Å². The van der Waals surface area contributed by atoms with Crippen LogP contribution in [0.1, 0.15) is 6.92 Å². The molecular weight excluding hydrogens is 357 g/mol. The Kier molecular flexibility index (Phi) is 3.66. The molecule has 17 heavy (non-hydrogen) atoms. The number of rotatable bonds is 3. The standard InChI is InChI=1S/C8H8IN5O2S/c1-2-14-7(16)12-13-8(14)17-6-4(9)5(15)10-3-11-6/h3H,2H2,1H3,(H,12,16)(H,10,11,15). The predicted octanol–water partition coefficient (Wildman–Crippen LogP) is 0.430. The molecule has 2 heterocycles. The lowest BCUT2D eigenvalue weighted by atomic mass is 10.7. The minimum atomic E-state index is -0.269. The summed E-state index contributed by atoms with van der Waals surface area (Å²) in [6.45, 7) is 2.36. The van der Waals surface area contributed by atoms with Crippen LogP contribution in [0, 0.1) is 3.57 Å². The van der Waals surface area contributed by atoms with Crippen LogP contribution in [0.25, 0.3) is 0 Å². The third kappa shape index (κ3) is 2.44. The van der Waals surface area contributed by atoms with Gasteiger partial charge in [-0.05, 0) is 41.3 Å². The van der Waals surface area contributed by atoms with Crippen LogP contribution >= 0.6 is 34.4 Å². The first-order valence-corrected chi connectivity index (χ1v) is 6.59. The van der Waals surface area contributed by atoms with Crippen molar-refractivity contribution in [2.24, 2.45) is 0 Å². The van der Waals surface area contributed by atoms with Gasteiger partial charge in [-0.2, -0.15) is 0 Å². The van der Waals surface area contributed by atoms with Crippen molar-refractivity contribution < 1.29 is 0 Å². The van der Waals surface area contributed by atoms with Gasteiger partial charge in [0.25, 0.3) is 5.56 Å². The minimum absolute atomic E-state index is 0.205. The van der Waals surface area contributed by atoms with Crippen LogP contribution in [0.3, 0.4) is 0 Å². The second-order valence-corrected chi connectivity index (χ2v) is 5.04. The van der Waals surface area contributed by atoms with Crippen LogP contribution in [-0.2, 0) is 6.54 Å². The maximum atomic E-state index is 11.4. The lowest BCUT2D eigenvalue weighted by molar-refractivity contribution is 0.660. The van der Waals surface area contributed by atoms with Crippen LogP contribution in [0.15, 0.2) is 26.1 Å². The summed E-state index contributed by atoms with van der Waals surface area (Å²) in [4.78, 5) is 29.3. The van der Waals surface area contributed by atoms with E-state index in [0.29, 0.717) is 20.3 Å². The molecule has 2 aromatic heterocycles. The maximum absolute atomic E-state index is 11.4. The molecule has 0 aromatic carbocycles. The molecule has 7 nitrogen and oxygen atoms in total. The zero-order valence-electron chi connectivity index (χ0n) is 8.73. The van der Waals surface area contributed by atoms with Crippen molar-refractivity contribution in [1.29, 1.82) is 0 Å². The lowest BCUT2D eigenvalue weighted by Gasteiger charge is -2.02. The molecule has 0 bridgehead atoms. The van der Waals surface area contributed by atoms with Crippen molar-refractivity contribution in [3.05, 3.63) is 30.7 Å². The summed E-state index contributed by atoms with van der Waals surface area (Å²) in [6.07, 6.45) is 1.33. The predicted molar refractivity (Wildman–Crippen MR) is 70.2 cm³/mol. The average molecular weight is 365 g/mol. The molecule has 0 radical (unpaired) electrons. The minimum Gasteiger partial charge on any atom is -0.312 e. The normalized spacial score (nSPS) is 10.7. The number of aromatic amines is 2. The highest BCUT2D eigenvalue weighted by Gasteiger charge is 2.12. The van der Waals surface area contributed by atoms with E-state index in [1.165, 1.54) is 22.7 Å².